The van der Waals surface area contributed by atoms with Crippen molar-refractivity contribution in [1.29, 1.82) is 0 Å². The van der Waals surface area contributed by atoms with Crippen LogP contribution in [0.1, 0.15) is 11.1 Å². The van der Waals surface area contributed by atoms with Crippen molar-refractivity contribution in [2.45, 2.75) is 12.8 Å². The fourth-order valence-corrected chi connectivity index (χ4v) is 4.12. The second-order valence-electron chi connectivity index (χ2n) is 8.26. The zero-order chi connectivity index (χ0) is 23.2. The van der Waals surface area contributed by atoms with Crippen molar-refractivity contribution in [1.82, 2.24) is 10.2 Å². The summed E-state index contributed by atoms with van der Waals surface area (Å²) < 4.78 is 18.4. The highest BCUT2D eigenvalue weighted by molar-refractivity contribution is 5.83. The first-order chi connectivity index (χ1) is 16.0. The van der Waals surface area contributed by atoms with Crippen LogP contribution >= 0.6 is 0 Å². The number of hydrogen-bond donors (Lipinski definition) is 1. The van der Waals surface area contributed by atoms with Crippen molar-refractivity contribution in [2.75, 3.05) is 26.7 Å². The van der Waals surface area contributed by atoms with Crippen molar-refractivity contribution >= 4 is 11.8 Å². The fraction of sp³-hybridized carbons (Fsp3) is 0.259. The summed E-state index contributed by atoms with van der Waals surface area (Å²) in [5, 5.41) is 2.94. The Bertz CT molecular complexity index is 1110. The molecule has 3 aromatic carbocycles. The zero-order valence-corrected chi connectivity index (χ0v) is 18.6. The van der Waals surface area contributed by atoms with Crippen molar-refractivity contribution in [3.8, 4) is 16.9 Å². The maximum atomic E-state index is 13.3. The van der Waals surface area contributed by atoms with Gasteiger partial charge in [0, 0.05) is 19.6 Å². The molecule has 0 aliphatic carbocycles. The SMILES string of the molecule is COc1ccc(CC(=O)N2CCNC(=O)C(Cc3cccc(-c4ccc(F)cc4)c3)C2)cc1. The smallest absolute Gasteiger partial charge is 0.227 e. The predicted octanol–water partition coefficient (Wildman–Crippen LogP) is 3.86. The summed E-state index contributed by atoms with van der Waals surface area (Å²) in [6.45, 7) is 1.31. The summed E-state index contributed by atoms with van der Waals surface area (Å²) in [6, 6.07) is 21.7. The predicted molar refractivity (Wildman–Crippen MR) is 125 cm³/mol. The molecule has 5 nitrogen and oxygen atoms in total. The number of carbonyl (C=O) groups excluding carboxylic acids is 2. The Labute approximate surface area is 193 Å². The van der Waals surface area contributed by atoms with Crippen LogP contribution in [-0.4, -0.2) is 43.5 Å². The largest absolute Gasteiger partial charge is 0.497 e. The van der Waals surface area contributed by atoms with E-state index in [1.54, 1.807) is 24.1 Å². The molecule has 1 saturated heterocycles. The lowest BCUT2D eigenvalue weighted by Gasteiger charge is -2.23. The summed E-state index contributed by atoms with van der Waals surface area (Å²) in [5.41, 5.74) is 3.79. The average molecular weight is 447 g/mol. The number of amides is 2. The number of ether oxygens (including phenoxy) is 1. The molecule has 0 aromatic heterocycles. The Morgan fingerprint density at radius 3 is 2.52 bits per heavy atom. The van der Waals surface area contributed by atoms with Crippen LogP contribution in [0.25, 0.3) is 11.1 Å². The minimum absolute atomic E-state index is 0.00160. The van der Waals surface area contributed by atoms with Crippen molar-refractivity contribution in [3.05, 3.63) is 89.7 Å². The second-order valence-corrected chi connectivity index (χ2v) is 8.26. The third-order valence-corrected chi connectivity index (χ3v) is 5.95. The number of nitrogens with zero attached hydrogens (tertiary/aromatic N) is 1. The Morgan fingerprint density at radius 1 is 1.03 bits per heavy atom. The Balaban J connectivity index is 1.45. The molecule has 0 spiro atoms. The molecule has 1 heterocycles. The van der Waals surface area contributed by atoms with Gasteiger partial charge < -0.3 is 15.0 Å². The second kappa shape index (κ2) is 10.3. The van der Waals surface area contributed by atoms with E-state index in [4.69, 9.17) is 4.74 Å². The van der Waals surface area contributed by atoms with Crippen LogP contribution in [0.4, 0.5) is 4.39 Å². The quantitative estimate of drug-likeness (QED) is 0.626. The van der Waals surface area contributed by atoms with Crippen LogP contribution in [0.5, 0.6) is 5.75 Å². The monoisotopic (exact) mass is 446 g/mol. The molecule has 1 N–H and O–H groups in total. The number of carbonyl (C=O) groups is 2. The summed E-state index contributed by atoms with van der Waals surface area (Å²) in [7, 11) is 1.61. The number of benzene rings is 3. The molecule has 1 aliphatic heterocycles. The molecule has 6 heteroatoms. The molecule has 1 atom stereocenters. The third-order valence-electron chi connectivity index (χ3n) is 5.95. The van der Waals surface area contributed by atoms with Gasteiger partial charge in [-0.25, -0.2) is 4.39 Å². The molecule has 0 radical (unpaired) electrons. The van der Waals surface area contributed by atoms with E-state index in [0.717, 1.165) is 28.0 Å². The maximum absolute atomic E-state index is 13.3. The van der Waals surface area contributed by atoms with Gasteiger partial charge in [-0.1, -0.05) is 48.5 Å². The van der Waals surface area contributed by atoms with E-state index in [9.17, 15) is 14.0 Å². The van der Waals surface area contributed by atoms with Gasteiger partial charge in [0.15, 0.2) is 0 Å². The summed E-state index contributed by atoms with van der Waals surface area (Å²) >= 11 is 0. The van der Waals surface area contributed by atoms with Gasteiger partial charge in [0.1, 0.15) is 11.6 Å². The van der Waals surface area contributed by atoms with Crippen LogP contribution in [0.15, 0.2) is 72.8 Å². The van der Waals surface area contributed by atoms with Crippen LogP contribution in [-0.2, 0) is 22.4 Å². The van der Waals surface area contributed by atoms with Gasteiger partial charge in [-0.3, -0.25) is 9.59 Å². The van der Waals surface area contributed by atoms with Crippen LogP contribution in [0.3, 0.4) is 0 Å². The van der Waals surface area contributed by atoms with E-state index in [2.05, 4.69) is 5.32 Å². The van der Waals surface area contributed by atoms with E-state index in [1.807, 2.05) is 48.5 Å². The first kappa shape index (κ1) is 22.5. The van der Waals surface area contributed by atoms with E-state index >= 15 is 0 Å². The fourth-order valence-electron chi connectivity index (χ4n) is 4.12. The minimum atomic E-state index is -0.337. The first-order valence-corrected chi connectivity index (χ1v) is 11.0. The van der Waals surface area contributed by atoms with Gasteiger partial charge in [0.05, 0.1) is 19.4 Å². The molecule has 3 aromatic rings. The van der Waals surface area contributed by atoms with Crippen LogP contribution < -0.4 is 10.1 Å². The van der Waals surface area contributed by atoms with Crippen LogP contribution in [0, 0.1) is 11.7 Å². The van der Waals surface area contributed by atoms with Crippen molar-refractivity contribution in [2.24, 2.45) is 5.92 Å². The molecule has 2 amide bonds. The molecule has 1 unspecified atom stereocenters. The Hall–Kier alpha value is -3.67. The molecule has 1 fully saturated rings. The van der Waals surface area contributed by atoms with Crippen molar-refractivity contribution in [3.63, 3.8) is 0 Å². The molecule has 0 bridgehead atoms. The van der Waals surface area contributed by atoms with Crippen LogP contribution in [0.2, 0.25) is 0 Å². The first-order valence-electron chi connectivity index (χ1n) is 11.0. The third kappa shape index (κ3) is 5.77. The number of hydrogen-bond acceptors (Lipinski definition) is 3. The number of nitrogens with one attached hydrogen (secondary N) is 1. The summed E-state index contributed by atoms with van der Waals surface area (Å²) in [4.78, 5) is 27.4. The molecule has 0 saturated carbocycles. The van der Waals surface area contributed by atoms with Gasteiger partial charge in [0.2, 0.25) is 11.8 Å². The zero-order valence-electron chi connectivity index (χ0n) is 18.6. The van der Waals surface area contributed by atoms with Gasteiger partial charge >= 0.3 is 0 Å². The average Bonchev–Trinajstić information content (AvgIpc) is 3.01. The van der Waals surface area contributed by atoms with E-state index in [0.29, 0.717) is 26.1 Å². The standard InChI is InChI=1S/C27H27FN2O3/c1-33-25-11-5-19(6-12-25)17-26(31)30-14-13-29-27(32)23(18-30)16-20-3-2-4-22(15-20)21-7-9-24(28)10-8-21/h2-12,15,23H,13-14,16-18H2,1H3,(H,29,32). The van der Waals surface area contributed by atoms with Gasteiger partial charge in [-0.15, -0.1) is 0 Å². The topological polar surface area (TPSA) is 58.6 Å². The lowest BCUT2D eigenvalue weighted by atomic mass is 9.95. The maximum Gasteiger partial charge on any atom is 0.227 e. The molecule has 170 valence electrons. The van der Waals surface area contributed by atoms with Crippen molar-refractivity contribution < 1.29 is 18.7 Å². The number of methoxy groups -OCH3 is 1. The van der Waals surface area contributed by atoms with Gasteiger partial charge in [-0.2, -0.15) is 0 Å². The molecule has 33 heavy (non-hydrogen) atoms. The minimum Gasteiger partial charge on any atom is -0.497 e. The highest BCUT2D eigenvalue weighted by Crippen LogP contribution is 2.23. The Kier molecular flexibility index (Phi) is 7.03. The Morgan fingerprint density at radius 2 is 1.79 bits per heavy atom. The van der Waals surface area contributed by atoms with E-state index in [-0.39, 0.29) is 30.0 Å². The molecular formula is C27H27FN2O3. The molecular weight excluding hydrogens is 419 g/mol. The molecule has 4 rings (SSSR count). The van der Waals surface area contributed by atoms with E-state index in [1.165, 1.54) is 12.1 Å². The number of rotatable bonds is 6. The molecule has 1 aliphatic rings. The van der Waals surface area contributed by atoms with Gasteiger partial charge in [-0.05, 0) is 52.9 Å². The summed E-state index contributed by atoms with van der Waals surface area (Å²) in [6.07, 6.45) is 0.804. The normalized spacial score (nSPS) is 16.1. The summed E-state index contributed by atoms with van der Waals surface area (Å²) in [5.74, 6) is 0.0996. The highest BCUT2D eigenvalue weighted by atomic mass is 19.1. The lowest BCUT2D eigenvalue weighted by Crippen LogP contribution is -2.38. The number of halogens is 1. The van der Waals surface area contributed by atoms with E-state index < -0.39 is 0 Å². The lowest BCUT2D eigenvalue weighted by molar-refractivity contribution is -0.131. The van der Waals surface area contributed by atoms with Gasteiger partial charge in [0.25, 0.3) is 0 Å². The highest BCUT2D eigenvalue weighted by Gasteiger charge is 2.27.